The highest BCUT2D eigenvalue weighted by atomic mass is 19.1. The first-order valence-corrected chi connectivity index (χ1v) is 10.1. The Morgan fingerprint density at radius 1 is 1.03 bits per heavy atom. The van der Waals surface area contributed by atoms with Crippen LogP contribution >= 0.6 is 0 Å². The molecular formula is C25H22F2N2O3. The van der Waals surface area contributed by atoms with E-state index in [1.54, 1.807) is 31.2 Å². The maximum Gasteiger partial charge on any atom is 0.254 e. The van der Waals surface area contributed by atoms with Gasteiger partial charge in [0, 0.05) is 25.3 Å². The van der Waals surface area contributed by atoms with Crippen LogP contribution in [0.15, 0.2) is 66.7 Å². The maximum atomic E-state index is 14.8. The molecule has 1 atom stereocenters. The largest absolute Gasteiger partial charge is 0.489 e. The zero-order valence-electron chi connectivity index (χ0n) is 17.5. The van der Waals surface area contributed by atoms with Gasteiger partial charge in [-0.2, -0.15) is 5.26 Å². The van der Waals surface area contributed by atoms with E-state index in [-0.39, 0.29) is 25.5 Å². The van der Waals surface area contributed by atoms with Crippen LogP contribution in [0.5, 0.6) is 5.75 Å². The molecule has 3 rings (SSSR count). The van der Waals surface area contributed by atoms with Gasteiger partial charge in [0.25, 0.3) is 5.91 Å². The van der Waals surface area contributed by atoms with Crippen LogP contribution < -0.4 is 10.1 Å². The van der Waals surface area contributed by atoms with Gasteiger partial charge in [0.15, 0.2) is 6.10 Å². The molecule has 0 aliphatic carbocycles. The van der Waals surface area contributed by atoms with Crippen LogP contribution in [0.3, 0.4) is 0 Å². The lowest BCUT2D eigenvalue weighted by Crippen LogP contribution is -2.31. The van der Waals surface area contributed by atoms with E-state index in [2.05, 4.69) is 5.32 Å². The molecule has 0 aliphatic rings. The van der Waals surface area contributed by atoms with Gasteiger partial charge in [0.1, 0.15) is 24.0 Å². The number of nitriles is 1. The lowest BCUT2D eigenvalue weighted by Gasteiger charge is -2.19. The topological polar surface area (TPSA) is 71.3 Å². The van der Waals surface area contributed by atoms with Gasteiger partial charge in [-0.25, -0.2) is 8.78 Å². The van der Waals surface area contributed by atoms with Crippen LogP contribution in [0, 0.1) is 23.0 Å². The SMILES string of the molecule is CCO[C@H](C(=O)NCc1ccc(C#N)cc1)c1c(F)cc(OCc2ccccc2)cc1F. The van der Waals surface area contributed by atoms with E-state index in [4.69, 9.17) is 14.7 Å². The van der Waals surface area contributed by atoms with Crippen molar-refractivity contribution in [2.45, 2.75) is 26.2 Å². The minimum absolute atomic E-state index is 0.0147. The number of carbonyl (C=O) groups excluding carboxylic acids is 1. The smallest absolute Gasteiger partial charge is 0.254 e. The first-order chi connectivity index (χ1) is 15.5. The number of amides is 1. The molecule has 0 aromatic heterocycles. The number of ether oxygens (including phenoxy) is 2. The quantitative estimate of drug-likeness (QED) is 0.523. The third-order valence-corrected chi connectivity index (χ3v) is 4.68. The fourth-order valence-electron chi connectivity index (χ4n) is 3.07. The van der Waals surface area contributed by atoms with Gasteiger partial charge in [-0.15, -0.1) is 0 Å². The molecule has 0 heterocycles. The van der Waals surface area contributed by atoms with E-state index in [1.807, 2.05) is 36.4 Å². The van der Waals surface area contributed by atoms with E-state index in [0.29, 0.717) is 5.56 Å². The van der Waals surface area contributed by atoms with Crippen molar-refractivity contribution in [3.63, 3.8) is 0 Å². The number of hydrogen-bond acceptors (Lipinski definition) is 4. The van der Waals surface area contributed by atoms with Gasteiger partial charge in [-0.1, -0.05) is 42.5 Å². The fraction of sp³-hybridized carbons (Fsp3) is 0.200. The van der Waals surface area contributed by atoms with E-state index >= 15 is 0 Å². The number of nitrogens with zero attached hydrogens (tertiary/aromatic N) is 1. The van der Waals surface area contributed by atoms with Crippen molar-refractivity contribution in [1.29, 1.82) is 5.26 Å². The van der Waals surface area contributed by atoms with Crippen molar-refractivity contribution in [3.8, 4) is 11.8 Å². The molecule has 0 unspecified atom stereocenters. The summed E-state index contributed by atoms with van der Waals surface area (Å²) in [5.41, 5.74) is 1.60. The number of nitrogens with one attached hydrogen (secondary N) is 1. The molecule has 3 aromatic carbocycles. The summed E-state index contributed by atoms with van der Waals surface area (Å²) in [6, 6.07) is 19.9. The second-order valence-corrected chi connectivity index (χ2v) is 6.94. The second kappa shape index (κ2) is 11.0. The molecule has 164 valence electrons. The molecule has 0 radical (unpaired) electrons. The summed E-state index contributed by atoms with van der Waals surface area (Å²) >= 11 is 0. The molecule has 0 aliphatic heterocycles. The lowest BCUT2D eigenvalue weighted by atomic mass is 10.1. The average Bonchev–Trinajstić information content (AvgIpc) is 2.81. The Morgan fingerprint density at radius 2 is 1.69 bits per heavy atom. The van der Waals surface area contributed by atoms with E-state index in [9.17, 15) is 13.6 Å². The standard InChI is InChI=1S/C25H22F2N2O3/c1-2-31-24(25(30)29-15-18-10-8-17(14-28)9-11-18)23-21(26)12-20(13-22(23)27)32-16-19-6-4-3-5-7-19/h3-13,24H,2,15-16H2,1H3,(H,29,30)/t24-/m0/s1. The Kier molecular flexibility index (Phi) is 7.90. The summed E-state index contributed by atoms with van der Waals surface area (Å²) in [6.07, 6.45) is -1.46. The van der Waals surface area contributed by atoms with Crippen molar-refractivity contribution in [1.82, 2.24) is 5.32 Å². The minimum atomic E-state index is -1.46. The normalized spacial score (nSPS) is 11.4. The predicted molar refractivity (Wildman–Crippen MR) is 115 cm³/mol. The fourth-order valence-corrected chi connectivity index (χ4v) is 3.07. The Labute approximate surface area is 185 Å². The molecule has 0 spiro atoms. The van der Waals surface area contributed by atoms with Crippen molar-refractivity contribution < 1.29 is 23.0 Å². The summed E-state index contributed by atoms with van der Waals surface area (Å²) < 4.78 is 40.5. The van der Waals surface area contributed by atoms with Crippen molar-refractivity contribution in [2.75, 3.05) is 6.61 Å². The summed E-state index contributed by atoms with van der Waals surface area (Å²) in [7, 11) is 0. The molecule has 5 nitrogen and oxygen atoms in total. The summed E-state index contributed by atoms with van der Waals surface area (Å²) in [5.74, 6) is -2.52. The van der Waals surface area contributed by atoms with Crippen LogP contribution in [0.1, 0.15) is 35.3 Å². The van der Waals surface area contributed by atoms with Crippen LogP contribution in [0.25, 0.3) is 0 Å². The van der Waals surface area contributed by atoms with Crippen molar-refractivity contribution >= 4 is 5.91 Å². The number of rotatable bonds is 9. The van der Waals surface area contributed by atoms with Crippen LogP contribution in [0.2, 0.25) is 0 Å². The molecule has 0 saturated heterocycles. The summed E-state index contributed by atoms with van der Waals surface area (Å²) in [5, 5.41) is 11.5. The predicted octanol–water partition coefficient (Wildman–Crippen LogP) is 4.81. The molecule has 3 aromatic rings. The average molecular weight is 436 g/mol. The van der Waals surface area contributed by atoms with Crippen LogP contribution in [0.4, 0.5) is 8.78 Å². The molecule has 7 heteroatoms. The van der Waals surface area contributed by atoms with Gasteiger partial charge in [0.2, 0.25) is 0 Å². The lowest BCUT2D eigenvalue weighted by molar-refractivity contribution is -0.133. The van der Waals surface area contributed by atoms with Crippen LogP contribution in [-0.2, 0) is 22.7 Å². The Balaban J connectivity index is 1.72. The summed E-state index contributed by atoms with van der Waals surface area (Å²) in [6.45, 7) is 1.99. The molecule has 0 bridgehead atoms. The van der Waals surface area contributed by atoms with E-state index < -0.39 is 29.2 Å². The highest BCUT2D eigenvalue weighted by Crippen LogP contribution is 2.29. The van der Waals surface area contributed by atoms with Gasteiger partial charge in [-0.05, 0) is 30.2 Å². The van der Waals surface area contributed by atoms with Gasteiger partial charge in [0.05, 0.1) is 17.2 Å². The van der Waals surface area contributed by atoms with Crippen LogP contribution in [-0.4, -0.2) is 12.5 Å². The Bertz CT molecular complexity index is 1070. The van der Waals surface area contributed by atoms with E-state index in [1.165, 1.54) is 0 Å². The molecular weight excluding hydrogens is 414 g/mol. The maximum absolute atomic E-state index is 14.8. The third kappa shape index (κ3) is 5.90. The zero-order valence-corrected chi connectivity index (χ0v) is 17.5. The monoisotopic (exact) mass is 436 g/mol. The Hall–Kier alpha value is -3.76. The molecule has 0 saturated carbocycles. The van der Waals surface area contributed by atoms with Gasteiger partial charge >= 0.3 is 0 Å². The highest BCUT2D eigenvalue weighted by Gasteiger charge is 2.28. The number of halogens is 2. The van der Waals surface area contributed by atoms with Crippen molar-refractivity contribution in [2.24, 2.45) is 0 Å². The first kappa shape index (κ1) is 22.9. The number of hydrogen-bond donors (Lipinski definition) is 1. The number of benzene rings is 3. The summed E-state index contributed by atoms with van der Waals surface area (Å²) in [4.78, 5) is 12.7. The second-order valence-electron chi connectivity index (χ2n) is 6.94. The highest BCUT2D eigenvalue weighted by molar-refractivity contribution is 5.82. The molecule has 1 N–H and O–H groups in total. The third-order valence-electron chi connectivity index (χ3n) is 4.68. The zero-order chi connectivity index (χ0) is 22.9. The number of carbonyl (C=O) groups is 1. The van der Waals surface area contributed by atoms with Gasteiger partial charge in [-0.3, -0.25) is 4.79 Å². The Morgan fingerprint density at radius 3 is 2.28 bits per heavy atom. The molecule has 32 heavy (non-hydrogen) atoms. The molecule has 0 fully saturated rings. The minimum Gasteiger partial charge on any atom is -0.489 e. The van der Waals surface area contributed by atoms with Gasteiger partial charge < -0.3 is 14.8 Å². The first-order valence-electron chi connectivity index (χ1n) is 10.1. The molecule has 1 amide bonds. The van der Waals surface area contributed by atoms with Crippen molar-refractivity contribution in [3.05, 3.63) is 101 Å². The van der Waals surface area contributed by atoms with E-state index in [0.717, 1.165) is 23.3 Å².